The zero-order chi connectivity index (χ0) is 17.8. The highest BCUT2D eigenvalue weighted by Crippen LogP contribution is 2.29. The molecule has 0 aromatic heterocycles. The molecule has 5 nitrogen and oxygen atoms in total. The lowest BCUT2D eigenvalue weighted by Gasteiger charge is -2.18. The van der Waals surface area contributed by atoms with Crippen molar-refractivity contribution in [3.63, 3.8) is 0 Å². The number of ether oxygens (including phenoxy) is 1. The van der Waals surface area contributed by atoms with E-state index in [0.29, 0.717) is 6.42 Å². The van der Waals surface area contributed by atoms with E-state index < -0.39 is 11.9 Å². The molecule has 0 saturated heterocycles. The van der Waals surface area contributed by atoms with Gasteiger partial charge in [0.05, 0.1) is 0 Å². The Bertz CT molecular complexity index is 883. The van der Waals surface area contributed by atoms with Gasteiger partial charge in [0.2, 0.25) is 11.8 Å². The zero-order valence-corrected chi connectivity index (χ0v) is 14.0. The average molecular weight is 336 g/mol. The van der Waals surface area contributed by atoms with Crippen LogP contribution < -0.4 is 11.1 Å². The van der Waals surface area contributed by atoms with E-state index in [4.69, 9.17) is 10.5 Å². The second kappa shape index (κ2) is 7.32. The lowest BCUT2D eigenvalue weighted by Crippen LogP contribution is -2.47. The third-order valence-electron chi connectivity index (χ3n) is 4.25. The smallest absolute Gasteiger partial charge is 0.246 e. The normalized spacial score (nSPS) is 12.2. The molecule has 25 heavy (non-hydrogen) atoms. The molecule has 3 aromatic rings. The average Bonchev–Trinajstić information content (AvgIpc) is 2.60. The second-order valence-electron chi connectivity index (χ2n) is 5.96. The van der Waals surface area contributed by atoms with Gasteiger partial charge in [0.1, 0.15) is 12.6 Å². The fourth-order valence-electron chi connectivity index (χ4n) is 3.12. The molecule has 1 atom stereocenters. The van der Waals surface area contributed by atoms with Crippen LogP contribution in [0.25, 0.3) is 21.5 Å². The van der Waals surface area contributed by atoms with Crippen LogP contribution in [0.2, 0.25) is 0 Å². The van der Waals surface area contributed by atoms with E-state index in [1.807, 2.05) is 48.5 Å². The first-order valence-corrected chi connectivity index (χ1v) is 8.07. The minimum absolute atomic E-state index is 0.111. The summed E-state index contributed by atoms with van der Waals surface area (Å²) in [5.74, 6) is -0.933. The Kier molecular flexibility index (Phi) is 4.95. The number of amides is 2. The lowest BCUT2D eigenvalue weighted by molar-refractivity contribution is -0.129. The summed E-state index contributed by atoms with van der Waals surface area (Å²) < 4.78 is 4.81. The van der Waals surface area contributed by atoms with Gasteiger partial charge in [-0.2, -0.15) is 0 Å². The summed E-state index contributed by atoms with van der Waals surface area (Å²) in [6.45, 7) is -0.111. The fourth-order valence-corrected chi connectivity index (χ4v) is 3.12. The van der Waals surface area contributed by atoms with E-state index in [1.165, 1.54) is 7.11 Å². The van der Waals surface area contributed by atoms with Gasteiger partial charge in [-0.15, -0.1) is 0 Å². The van der Waals surface area contributed by atoms with Crippen LogP contribution in [0.1, 0.15) is 5.56 Å². The third kappa shape index (κ3) is 3.61. The van der Waals surface area contributed by atoms with Gasteiger partial charge >= 0.3 is 0 Å². The molecule has 128 valence electrons. The highest BCUT2D eigenvalue weighted by molar-refractivity contribution is 6.03. The molecule has 0 aliphatic carbocycles. The predicted molar refractivity (Wildman–Crippen MR) is 98.2 cm³/mol. The Labute approximate surface area is 145 Å². The van der Waals surface area contributed by atoms with Crippen molar-refractivity contribution in [1.29, 1.82) is 0 Å². The first-order chi connectivity index (χ1) is 12.1. The maximum absolute atomic E-state index is 11.9. The first-order valence-electron chi connectivity index (χ1n) is 8.07. The van der Waals surface area contributed by atoms with Crippen molar-refractivity contribution in [2.45, 2.75) is 12.5 Å². The number of carbonyl (C=O) groups excluding carboxylic acids is 2. The molecule has 3 rings (SSSR count). The number of nitrogens with two attached hydrogens (primary N) is 1. The van der Waals surface area contributed by atoms with Crippen LogP contribution in [-0.2, 0) is 20.7 Å². The first kappa shape index (κ1) is 16.9. The topological polar surface area (TPSA) is 81.4 Å². The lowest BCUT2D eigenvalue weighted by atomic mass is 9.92. The monoisotopic (exact) mass is 336 g/mol. The molecule has 5 heteroatoms. The van der Waals surface area contributed by atoms with Crippen molar-refractivity contribution in [3.8, 4) is 0 Å². The quantitative estimate of drug-likeness (QED) is 0.677. The van der Waals surface area contributed by atoms with Gasteiger partial charge in [-0.05, 0) is 33.2 Å². The van der Waals surface area contributed by atoms with E-state index in [1.54, 1.807) is 0 Å². The van der Waals surface area contributed by atoms with Crippen molar-refractivity contribution < 1.29 is 14.3 Å². The van der Waals surface area contributed by atoms with Crippen molar-refractivity contribution in [2.75, 3.05) is 13.7 Å². The highest BCUT2D eigenvalue weighted by Gasteiger charge is 2.21. The SMILES string of the molecule is COCC(=O)N[C@@H](Cc1c2ccccc2cc2ccccc12)C(N)=O. The number of fused-ring (bicyclic) bond motifs is 2. The maximum Gasteiger partial charge on any atom is 0.246 e. The molecule has 2 amide bonds. The Morgan fingerprint density at radius 1 is 1.04 bits per heavy atom. The Morgan fingerprint density at radius 3 is 2.12 bits per heavy atom. The van der Waals surface area contributed by atoms with Crippen LogP contribution in [0.3, 0.4) is 0 Å². The third-order valence-corrected chi connectivity index (χ3v) is 4.25. The van der Waals surface area contributed by atoms with Crippen molar-refractivity contribution >= 4 is 33.4 Å². The molecular weight excluding hydrogens is 316 g/mol. The van der Waals surface area contributed by atoms with Gasteiger partial charge in [-0.25, -0.2) is 0 Å². The van der Waals surface area contributed by atoms with Gasteiger partial charge in [0, 0.05) is 13.5 Å². The molecule has 0 aliphatic rings. The number of hydrogen-bond donors (Lipinski definition) is 2. The van der Waals surface area contributed by atoms with E-state index in [0.717, 1.165) is 27.1 Å². The molecule has 0 bridgehead atoms. The van der Waals surface area contributed by atoms with Crippen molar-refractivity contribution in [1.82, 2.24) is 5.32 Å². The van der Waals surface area contributed by atoms with Gasteiger partial charge in [0.25, 0.3) is 0 Å². The van der Waals surface area contributed by atoms with Gasteiger partial charge in [-0.1, -0.05) is 48.5 Å². The van der Waals surface area contributed by atoms with E-state index in [-0.39, 0.29) is 12.5 Å². The summed E-state index contributed by atoms with van der Waals surface area (Å²) in [6.07, 6.45) is 0.326. The number of rotatable bonds is 6. The number of primary amides is 1. The summed E-state index contributed by atoms with van der Waals surface area (Å²) in [7, 11) is 1.43. The zero-order valence-electron chi connectivity index (χ0n) is 14.0. The van der Waals surface area contributed by atoms with Crippen molar-refractivity contribution in [2.24, 2.45) is 5.73 Å². The minimum Gasteiger partial charge on any atom is -0.375 e. The van der Waals surface area contributed by atoms with Crippen LogP contribution >= 0.6 is 0 Å². The van der Waals surface area contributed by atoms with E-state index >= 15 is 0 Å². The standard InChI is InChI=1S/C20H20N2O3/c1-25-12-19(23)22-18(20(21)24)11-17-15-8-4-2-6-13(15)10-14-7-3-5-9-16(14)17/h2-10,18H,11-12H2,1H3,(H2,21,24)(H,22,23)/t18-/m0/s1. The molecule has 0 fully saturated rings. The molecule has 3 aromatic carbocycles. The summed E-state index contributed by atoms with van der Waals surface area (Å²) in [4.78, 5) is 23.7. The minimum atomic E-state index is -0.795. The van der Waals surface area contributed by atoms with Crippen LogP contribution in [0.15, 0.2) is 54.6 Å². The number of carbonyl (C=O) groups is 2. The number of nitrogens with one attached hydrogen (secondary N) is 1. The van der Waals surface area contributed by atoms with Gasteiger partial charge in [0.15, 0.2) is 0 Å². The van der Waals surface area contributed by atoms with Gasteiger partial charge < -0.3 is 15.8 Å². The van der Waals surface area contributed by atoms with Crippen LogP contribution in [0.5, 0.6) is 0 Å². The predicted octanol–water partition coefficient (Wildman–Crippen LogP) is 2.15. The summed E-state index contributed by atoms with van der Waals surface area (Å²) in [5.41, 5.74) is 6.52. The van der Waals surface area contributed by atoms with Crippen LogP contribution in [0, 0.1) is 0 Å². The largest absolute Gasteiger partial charge is 0.375 e. The van der Waals surface area contributed by atoms with Crippen molar-refractivity contribution in [3.05, 3.63) is 60.2 Å². The molecule has 0 heterocycles. The van der Waals surface area contributed by atoms with Crippen LogP contribution in [0.4, 0.5) is 0 Å². The molecule has 3 N–H and O–H groups in total. The number of methoxy groups -OCH3 is 1. The highest BCUT2D eigenvalue weighted by atomic mass is 16.5. The summed E-state index contributed by atoms with van der Waals surface area (Å²) >= 11 is 0. The molecule has 0 aliphatic heterocycles. The van der Waals surface area contributed by atoms with E-state index in [9.17, 15) is 9.59 Å². The molecule has 0 unspecified atom stereocenters. The van der Waals surface area contributed by atoms with Crippen LogP contribution in [-0.4, -0.2) is 31.6 Å². The summed E-state index contributed by atoms with van der Waals surface area (Å²) in [5, 5.41) is 6.93. The fraction of sp³-hybridized carbons (Fsp3) is 0.200. The maximum atomic E-state index is 11.9. The second-order valence-corrected chi connectivity index (χ2v) is 5.96. The number of benzene rings is 3. The van der Waals surface area contributed by atoms with E-state index in [2.05, 4.69) is 11.4 Å². The Hall–Kier alpha value is -2.92. The Balaban J connectivity index is 2.08. The Morgan fingerprint density at radius 2 is 1.60 bits per heavy atom. The van der Waals surface area contributed by atoms with Gasteiger partial charge in [-0.3, -0.25) is 9.59 Å². The molecule has 0 radical (unpaired) electrons. The molecular formula is C20H20N2O3. The molecule has 0 spiro atoms. The summed E-state index contributed by atoms with van der Waals surface area (Å²) in [6, 6.07) is 17.3. The molecule has 0 saturated carbocycles. The number of hydrogen-bond acceptors (Lipinski definition) is 3.